The van der Waals surface area contributed by atoms with Crippen molar-refractivity contribution < 1.29 is 8.42 Å². The molecule has 9 heteroatoms. The zero-order chi connectivity index (χ0) is 16.3. The third kappa shape index (κ3) is 4.86. The van der Waals surface area contributed by atoms with Gasteiger partial charge in [-0.25, -0.2) is 17.9 Å². The Hall–Kier alpha value is 0.230. The number of hydrogen-bond donors (Lipinski definition) is 2. The number of thioether (sulfide) groups is 1. The summed E-state index contributed by atoms with van der Waals surface area (Å²) >= 11 is 4.75. The van der Waals surface area contributed by atoms with Crippen LogP contribution in [0.25, 0.3) is 0 Å². The molecule has 0 spiro atoms. The maximum absolute atomic E-state index is 11.6. The summed E-state index contributed by atoms with van der Waals surface area (Å²) < 4.78 is 26.8. The van der Waals surface area contributed by atoms with E-state index >= 15 is 0 Å². The minimum absolute atomic E-state index is 0.159. The first-order valence-corrected chi connectivity index (χ1v) is 11.7. The molecule has 0 aromatic carbocycles. The summed E-state index contributed by atoms with van der Waals surface area (Å²) in [6.45, 7) is 7.10. The van der Waals surface area contributed by atoms with Crippen molar-refractivity contribution >= 4 is 45.1 Å². The monoisotopic (exact) mass is 381 g/mol. The van der Waals surface area contributed by atoms with Crippen LogP contribution in [0.3, 0.4) is 0 Å². The highest BCUT2D eigenvalue weighted by molar-refractivity contribution is 8.00. The summed E-state index contributed by atoms with van der Waals surface area (Å²) in [7, 11) is -3.63. The molecule has 2 heterocycles. The van der Waals surface area contributed by atoms with Gasteiger partial charge in [0.1, 0.15) is 4.21 Å². The molecule has 0 bridgehead atoms. The average Bonchev–Trinajstić information content (AvgIpc) is 2.86. The minimum Gasteiger partial charge on any atom is -0.309 e. The van der Waals surface area contributed by atoms with Gasteiger partial charge in [0, 0.05) is 24.9 Å². The maximum atomic E-state index is 11.6. The van der Waals surface area contributed by atoms with Gasteiger partial charge in [0.2, 0.25) is 10.0 Å². The molecule has 0 aliphatic carbocycles. The van der Waals surface area contributed by atoms with Crippen molar-refractivity contribution in [3.63, 3.8) is 0 Å². The van der Waals surface area contributed by atoms with E-state index in [-0.39, 0.29) is 10.3 Å². The molecule has 5 nitrogen and oxygen atoms in total. The lowest BCUT2D eigenvalue weighted by Gasteiger charge is -2.32. The molecular weight excluding hydrogens is 358 g/mol. The quantitative estimate of drug-likeness (QED) is 0.706. The summed E-state index contributed by atoms with van der Waals surface area (Å²) in [6.07, 6.45) is 2.10. The van der Waals surface area contributed by atoms with Crippen LogP contribution in [0.15, 0.2) is 14.5 Å². The Kier molecular flexibility index (Phi) is 6.64. The van der Waals surface area contributed by atoms with Crippen LogP contribution in [0.5, 0.6) is 0 Å². The Morgan fingerprint density at radius 3 is 2.86 bits per heavy atom. The van der Waals surface area contributed by atoms with Crippen LogP contribution in [0.4, 0.5) is 0 Å². The number of rotatable bonds is 7. The van der Waals surface area contributed by atoms with E-state index < -0.39 is 10.0 Å². The molecule has 0 radical (unpaired) electrons. The molecule has 0 saturated carbocycles. The highest BCUT2D eigenvalue weighted by atomic mass is 32.3. The fourth-order valence-corrected chi connectivity index (χ4v) is 6.21. The molecule has 0 amide bonds. The molecular formula is C13H23N3O2S4. The Morgan fingerprint density at radius 2 is 2.27 bits per heavy atom. The maximum Gasteiger partial charge on any atom is 0.247 e. The first kappa shape index (κ1) is 18.6. The summed E-state index contributed by atoms with van der Waals surface area (Å²) in [5.74, 6) is 1.61. The number of sulfonamides is 1. The topological polar surface area (TPSA) is 75.4 Å². The number of hydrogen-bond acceptors (Lipinski definition) is 7. The van der Waals surface area contributed by atoms with E-state index in [1.54, 1.807) is 18.0 Å². The fourth-order valence-electron chi connectivity index (χ4n) is 2.16. The number of nitrogens with zero attached hydrogens (tertiary/aromatic N) is 1. The molecule has 0 fully saturated rings. The van der Waals surface area contributed by atoms with E-state index in [0.717, 1.165) is 35.2 Å². The highest BCUT2D eigenvalue weighted by Gasteiger charge is 2.30. The molecule has 22 heavy (non-hydrogen) atoms. The lowest BCUT2D eigenvalue weighted by Crippen LogP contribution is -2.37. The van der Waals surface area contributed by atoms with Crippen molar-refractivity contribution in [3.05, 3.63) is 11.6 Å². The molecule has 1 aliphatic rings. The van der Waals surface area contributed by atoms with Gasteiger partial charge in [0.15, 0.2) is 0 Å². The van der Waals surface area contributed by atoms with Crippen LogP contribution in [0.2, 0.25) is 0 Å². The molecule has 1 aromatic rings. The van der Waals surface area contributed by atoms with E-state index in [1.807, 2.05) is 11.8 Å². The van der Waals surface area contributed by atoms with Crippen LogP contribution in [0.1, 0.15) is 25.5 Å². The Labute approximate surface area is 145 Å². The Balaban J connectivity index is 2.23. The summed E-state index contributed by atoms with van der Waals surface area (Å²) in [5, 5.41) is 8.84. The van der Waals surface area contributed by atoms with Gasteiger partial charge in [-0.3, -0.25) is 0 Å². The Bertz CT molecular complexity index is 600. The number of primary sulfonamides is 1. The van der Waals surface area contributed by atoms with Gasteiger partial charge in [-0.2, -0.15) is 11.8 Å². The number of fused-ring (bicyclic) bond motifs is 1. The molecule has 1 aliphatic heterocycles. The highest BCUT2D eigenvalue weighted by Crippen LogP contribution is 2.43. The summed E-state index contributed by atoms with van der Waals surface area (Å²) in [6, 6.07) is 1.90. The van der Waals surface area contributed by atoms with Crippen molar-refractivity contribution in [1.82, 2.24) is 9.62 Å². The molecule has 2 rings (SSSR count). The van der Waals surface area contributed by atoms with E-state index in [1.165, 1.54) is 11.3 Å². The van der Waals surface area contributed by atoms with Gasteiger partial charge in [0.05, 0.1) is 4.21 Å². The predicted molar refractivity (Wildman–Crippen MR) is 97.1 cm³/mol. The van der Waals surface area contributed by atoms with Crippen LogP contribution in [-0.4, -0.2) is 44.4 Å². The van der Waals surface area contributed by atoms with Crippen molar-refractivity contribution in [2.24, 2.45) is 11.1 Å². The molecule has 1 unspecified atom stereocenters. The number of thiophene rings is 1. The van der Waals surface area contributed by atoms with Gasteiger partial charge in [0.25, 0.3) is 0 Å². The predicted octanol–water partition coefficient (Wildman–Crippen LogP) is 2.37. The van der Waals surface area contributed by atoms with Crippen molar-refractivity contribution in [1.29, 1.82) is 0 Å². The molecule has 3 N–H and O–H groups in total. The van der Waals surface area contributed by atoms with Gasteiger partial charge >= 0.3 is 0 Å². The third-order valence-electron chi connectivity index (χ3n) is 3.27. The first-order valence-electron chi connectivity index (χ1n) is 7.13. The van der Waals surface area contributed by atoms with E-state index in [9.17, 15) is 8.42 Å². The molecule has 1 atom stereocenters. The second-order valence-electron chi connectivity index (χ2n) is 5.68. The van der Waals surface area contributed by atoms with Gasteiger partial charge in [-0.05, 0) is 42.3 Å². The first-order chi connectivity index (χ1) is 10.3. The molecule has 1 aromatic heterocycles. The lowest BCUT2D eigenvalue weighted by molar-refractivity contribution is 0.374. The van der Waals surface area contributed by atoms with Crippen molar-refractivity contribution in [2.75, 3.05) is 31.6 Å². The van der Waals surface area contributed by atoms with Crippen molar-refractivity contribution in [2.45, 2.75) is 28.3 Å². The fraction of sp³-hybridized carbons (Fsp3) is 0.692. The van der Waals surface area contributed by atoms with E-state index in [2.05, 4.69) is 29.7 Å². The van der Waals surface area contributed by atoms with Gasteiger partial charge < -0.3 is 5.32 Å². The second-order valence-corrected chi connectivity index (χ2v) is 10.9. The normalized spacial score (nSPS) is 19.6. The summed E-state index contributed by atoms with van der Waals surface area (Å²) in [4.78, 5) is 0. The zero-order valence-corrected chi connectivity index (χ0v) is 16.3. The lowest BCUT2D eigenvalue weighted by atomic mass is 10.1. The minimum atomic E-state index is -3.63. The largest absolute Gasteiger partial charge is 0.309 e. The smallest absolute Gasteiger partial charge is 0.247 e. The van der Waals surface area contributed by atoms with Crippen molar-refractivity contribution in [3.8, 4) is 0 Å². The standard InChI is InChI=1S/C13H23N3O2S4/c1-9(2)7-15-11-8-16(4-5-19-3)21-13-10(11)6-12(20-13)22(14,17)18/h6,9,11,15H,4-5,7-8H2,1-3H3,(H2,14,17,18). The van der Waals surface area contributed by atoms with Gasteiger partial charge in [-0.1, -0.05) is 13.8 Å². The van der Waals surface area contributed by atoms with E-state index in [4.69, 9.17) is 5.14 Å². The average molecular weight is 382 g/mol. The third-order valence-corrected chi connectivity index (χ3v) is 7.70. The number of nitrogens with two attached hydrogens (primary N) is 1. The Morgan fingerprint density at radius 1 is 1.55 bits per heavy atom. The SMILES string of the molecule is CSCCN1CC(NCC(C)C)c2cc(S(N)(=O)=O)sc2S1. The zero-order valence-electron chi connectivity index (χ0n) is 13.0. The van der Waals surface area contributed by atoms with Crippen LogP contribution < -0.4 is 10.5 Å². The van der Waals surface area contributed by atoms with Crippen LogP contribution >= 0.6 is 35.0 Å². The van der Waals surface area contributed by atoms with E-state index in [0.29, 0.717) is 5.92 Å². The van der Waals surface area contributed by atoms with Crippen LogP contribution in [0, 0.1) is 5.92 Å². The second kappa shape index (κ2) is 7.87. The summed E-state index contributed by atoms with van der Waals surface area (Å²) in [5.41, 5.74) is 1.07. The van der Waals surface area contributed by atoms with Crippen LogP contribution in [-0.2, 0) is 10.0 Å². The molecule has 0 saturated heterocycles. The number of nitrogens with one attached hydrogen (secondary N) is 1. The van der Waals surface area contributed by atoms with Gasteiger partial charge in [-0.15, -0.1) is 11.3 Å². The molecule has 126 valence electrons.